The Balaban J connectivity index is 1.96. The molecule has 92 valence electrons. The van der Waals surface area contributed by atoms with Gasteiger partial charge in [0.1, 0.15) is 0 Å². The Morgan fingerprint density at radius 1 is 1.35 bits per heavy atom. The number of Topliss-reactive ketones (excluding diaryl/α,β-unsaturated/α-hetero) is 1. The van der Waals surface area contributed by atoms with Gasteiger partial charge in [-0.05, 0) is 25.0 Å². The van der Waals surface area contributed by atoms with E-state index in [1.165, 1.54) is 0 Å². The van der Waals surface area contributed by atoms with E-state index in [0.717, 1.165) is 25.9 Å². The van der Waals surface area contributed by atoms with Gasteiger partial charge in [-0.15, -0.1) is 0 Å². The second-order valence-electron chi connectivity index (χ2n) is 4.41. The summed E-state index contributed by atoms with van der Waals surface area (Å²) in [7, 11) is 0. The Morgan fingerprint density at radius 2 is 2.00 bits per heavy atom. The molecule has 1 aromatic rings. The van der Waals surface area contributed by atoms with Gasteiger partial charge in [0.05, 0.1) is 17.7 Å². The summed E-state index contributed by atoms with van der Waals surface area (Å²) >= 11 is 5.98. The smallest absolute Gasteiger partial charge is 0.178 e. The minimum atomic E-state index is -0.207. The van der Waals surface area contributed by atoms with Crippen LogP contribution in [0.15, 0.2) is 24.3 Å². The predicted octanol–water partition coefficient (Wildman–Crippen LogP) is 1.98. The molecule has 0 atom stereocenters. The molecule has 17 heavy (non-hydrogen) atoms. The summed E-state index contributed by atoms with van der Waals surface area (Å²) in [5.74, 6) is 0.0481. The third kappa shape index (κ3) is 3.28. The molecule has 0 amide bonds. The third-order valence-electron chi connectivity index (χ3n) is 3.10. The van der Waals surface area contributed by atoms with Crippen molar-refractivity contribution in [2.24, 2.45) is 0 Å². The molecular formula is C13H16ClNO2. The van der Waals surface area contributed by atoms with Crippen molar-refractivity contribution in [3.8, 4) is 0 Å². The van der Waals surface area contributed by atoms with Crippen molar-refractivity contribution in [1.82, 2.24) is 4.90 Å². The lowest BCUT2D eigenvalue weighted by Crippen LogP contribution is -2.39. The van der Waals surface area contributed by atoms with Crippen LogP contribution in [-0.4, -0.2) is 41.5 Å². The van der Waals surface area contributed by atoms with Gasteiger partial charge in [0.25, 0.3) is 0 Å². The van der Waals surface area contributed by atoms with Gasteiger partial charge in [0.15, 0.2) is 5.78 Å². The zero-order valence-electron chi connectivity index (χ0n) is 9.60. The summed E-state index contributed by atoms with van der Waals surface area (Å²) < 4.78 is 0. The molecule has 1 aromatic carbocycles. The monoisotopic (exact) mass is 253 g/mol. The number of halogens is 1. The van der Waals surface area contributed by atoms with Crippen molar-refractivity contribution in [1.29, 1.82) is 0 Å². The van der Waals surface area contributed by atoms with Crippen LogP contribution in [0.3, 0.4) is 0 Å². The number of aliphatic hydroxyl groups is 1. The van der Waals surface area contributed by atoms with Crippen LogP contribution in [0, 0.1) is 0 Å². The van der Waals surface area contributed by atoms with Crippen molar-refractivity contribution >= 4 is 17.4 Å². The van der Waals surface area contributed by atoms with Gasteiger partial charge >= 0.3 is 0 Å². The van der Waals surface area contributed by atoms with Crippen LogP contribution in [0.5, 0.6) is 0 Å². The molecule has 0 aliphatic carbocycles. The molecule has 1 N–H and O–H groups in total. The number of likely N-dealkylation sites (tertiary alicyclic amines) is 1. The molecule has 1 heterocycles. The number of benzene rings is 1. The van der Waals surface area contributed by atoms with Crippen molar-refractivity contribution in [3.63, 3.8) is 0 Å². The largest absolute Gasteiger partial charge is 0.393 e. The number of ketones is 1. The van der Waals surface area contributed by atoms with E-state index in [1.807, 2.05) is 12.1 Å². The van der Waals surface area contributed by atoms with Gasteiger partial charge in [-0.2, -0.15) is 0 Å². The SMILES string of the molecule is O=C(CN1CCC(O)CC1)c1ccccc1Cl. The second kappa shape index (κ2) is 5.63. The fourth-order valence-corrected chi connectivity index (χ4v) is 2.29. The van der Waals surface area contributed by atoms with Gasteiger partial charge in [-0.3, -0.25) is 9.69 Å². The first-order valence-electron chi connectivity index (χ1n) is 5.85. The van der Waals surface area contributed by atoms with E-state index in [1.54, 1.807) is 12.1 Å². The zero-order chi connectivity index (χ0) is 12.3. The molecule has 3 nitrogen and oxygen atoms in total. The van der Waals surface area contributed by atoms with Crippen LogP contribution < -0.4 is 0 Å². The summed E-state index contributed by atoms with van der Waals surface area (Å²) in [6, 6.07) is 7.12. The van der Waals surface area contributed by atoms with E-state index in [2.05, 4.69) is 4.90 Å². The Hall–Kier alpha value is -0.900. The van der Waals surface area contributed by atoms with E-state index in [9.17, 15) is 9.90 Å². The van der Waals surface area contributed by atoms with Crippen molar-refractivity contribution in [3.05, 3.63) is 34.9 Å². The van der Waals surface area contributed by atoms with Gasteiger partial charge in [-0.1, -0.05) is 23.7 Å². The first kappa shape index (κ1) is 12.6. The fourth-order valence-electron chi connectivity index (χ4n) is 2.05. The molecular weight excluding hydrogens is 238 g/mol. The van der Waals surface area contributed by atoms with Crippen LogP contribution in [0.25, 0.3) is 0 Å². The van der Waals surface area contributed by atoms with Gasteiger partial charge in [0.2, 0.25) is 0 Å². The van der Waals surface area contributed by atoms with E-state index in [4.69, 9.17) is 11.6 Å². The number of carbonyl (C=O) groups is 1. The first-order chi connectivity index (χ1) is 8.16. The van der Waals surface area contributed by atoms with Crippen LogP contribution in [0.2, 0.25) is 5.02 Å². The van der Waals surface area contributed by atoms with Crippen molar-refractivity contribution < 1.29 is 9.90 Å². The lowest BCUT2D eigenvalue weighted by molar-refractivity contribution is 0.0711. The molecule has 2 rings (SSSR count). The Bertz CT molecular complexity index is 400. The molecule has 0 spiro atoms. The molecule has 1 saturated heterocycles. The number of carbonyl (C=O) groups excluding carboxylic acids is 1. The van der Waals surface area contributed by atoms with Crippen LogP contribution in [-0.2, 0) is 0 Å². The normalized spacial score (nSPS) is 18.2. The van der Waals surface area contributed by atoms with Crippen LogP contribution >= 0.6 is 11.6 Å². The highest BCUT2D eigenvalue weighted by Gasteiger charge is 2.20. The van der Waals surface area contributed by atoms with Gasteiger partial charge in [0, 0.05) is 18.7 Å². The number of aliphatic hydroxyl groups excluding tert-OH is 1. The zero-order valence-corrected chi connectivity index (χ0v) is 10.4. The van der Waals surface area contributed by atoms with E-state index in [0.29, 0.717) is 17.1 Å². The highest BCUT2D eigenvalue weighted by Crippen LogP contribution is 2.17. The molecule has 4 heteroatoms. The molecule has 1 aliphatic heterocycles. The minimum absolute atomic E-state index is 0.0481. The van der Waals surface area contributed by atoms with E-state index in [-0.39, 0.29) is 11.9 Å². The number of rotatable bonds is 3. The fraction of sp³-hybridized carbons (Fsp3) is 0.462. The van der Waals surface area contributed by atoms with Crippen molar-refractivity contribution in [2.45, 2.75) is 18.9 Å². The lowest BCUT2D eigenvalue weighted by atomic mass is 10.1. The number of hydrogen-bond donors (Lipinski definition) is 1. The summed E-state index contributed by atoms with van der Waals surface area (Å²) in [6.45, 7) is 1.94. The van der Waals surface area contributed by atoms with Gasteiger partial charge in [-0.25, -0.2) is 0 Å². The number of nitrogens with zero attached hydrogens (tertiary/aromatic N) is 1. The number of piperidine rings is 1. The van der Waals surface area contributed by atoms with Gasteiger partial charge < -0.3 is 5.11 Å². The maximum Gasteiger partial charge on any atom is 0.178 e. The highest BCUT2D eigenvalue weighted by atomic mass is 35.5. The van der Waals surface area contributed by atoms with Crippen LogP contribution in [0.1, 0.15) is 23.2 Å². The lowest BCUT2D eigenvalue weighted by Gasteiger charge is -2.28. The average Bonchev–Trinajstić information content (AvgIpc) is 2.32. The molecule has 0 radical (unpaired) electrons. The minimum Gasteiger partial charge on any atom is -0.393 e. The van der Waals surface area contributed by atoms with Crippen LogP contribution in [0.4, 0.5) is 0 Å². The molecule has 1 aliphatic rings. The topological polar surface area (TPSA) is 40.5 Å². The predicted molar refractivity (Wildman–Crippen MR) is 67.5 cm³/mol. The maximum atomic E-state index is 12.0. The third-order valence-corrected chi connectivity index (χ3v) is 3.43. The van der Waals surface area contributed by atoms with E-state index < -0.39 is 0 Å². The second-order valence-corrected chi connectivity index (χ2v) is 4.82. The Labute approximate surface area is 106 Å². The summed E-state index contributed by atoms with van der Waals surface area (Å²) in [5.41, 5.74) is 0.584. The summed E-state index contributed by atoms with van der Waals surface area (Å²) in [6.07, 6.45) is 1.28. The Morgan fingerprint density at radius 3 is 2.65 bits per heavy atom. The molecule has 0 unspecified atom stereocenters. The standard InChI is InChI=1S/C13H16ClNO2/c14-12-4-2-1-3-11(12)13(17)9-15-7-5-10(16)6-8-15/h1-4,10,16H,5-9H2. The molecule has 0 aromatic heterocycles. The highest BCUT2D eigenvalue weighted by molar-refractivity contribution is 6.34. The Kier molecular flexibility index (Phi) is 4.15. The van der Waals surface area contributed by atoms with E-state index >= 15 is 0 Å². The molecule has 0 bridgehead atoms. The number of hydrogen-bond acceptors (Lipinski definition) is 3. The summed E-state index contributed by atoms with van der Waals surface area (Å²) in [4.78, 5) is 14.1. The summed E-state index contributed by atoms with van der Waals surface area (Å²) in [5, 5.41) is 9.90. The molecule has 0 saturated carbocycles. The molecule has 1 fully saturated rings. The average molecular weight is 254 g/mol. The first-order valence-corrected chi connectivity index (χ1v) is 6.23. The maximum absolute atomic E-state index is 12.0. The quantitative estimate of drug-likeness (QED) is 0.838. The van der Waals surface area contributed by atoms with Crippen molar-refractivity contribution in [2.75, 3.05) is 19.6 Å².